The number of carbonyl (C=O) groups excluding carboxylic acids is 1. The maximum absolute atomic E-state index is 13.7. The van der Waals surface area contributed by atoms with Gasteiger partial charge in [0.2, 0.25) is 5.91 Å². The molecule has 26 heavy (non-hydrogen) atoms. The van der Waals surface area contributed by atoms with Gasteiger partial charge in [0.1, 0.15) is 0 Å². The van der Waals surface area contributed by atoms with E-state index in [2.05, 4.69) is 21.7 Å². The molecule has 1 saturated carbocycles. The molecule has 0 bridgehead atoms. The lowest BCUT2D eigenvalue weighted by molar-refractivity contribution is -0.139. The Morgan fingerprint density at radius 1 is 1.04 bits per heavy atom. The summed E-state index contributed by atoms with van der Waals surface area (Å²) >= 11 is 6.08. The van der Waals surface area contributed by atoms with Gasteiger partial charge in [-0.3, -0.25) is 9.48 Å². The van der Waals surface area contributed by atoms with Crippen LogP contribution in [0.15, 0.2) is 24.3 Å². The van der Waals surface area contributed by atoms with E-state index in [4.69, 9.17) is 16.7 Å². The third kappa shape index (κ3) is 2.42. The van der Waals surface area contributed by atoms with Crippen molar-refractivity contribution in [2.24, 2.45) is 0 Å². The monoisotopic (exact) mass is 369 g/mol. The minimum atomic E-state index is -0.365. The average molecular weight is 370 g/mol. The molecule has 1 aromatic carbocycles. The number of hydrogen-bond donors (Lipinski definition) is 0. The summed E-state index contributed by atoms with van der Waals surface area (Å²) in [6.07, 6.45) is 7.55. The highest BCUT2D eigenvalue weighted by atomic mass is 35.5. The molecule has 5 heteroatoms. The van der Waals surface area contributed by atoms with Crippen LogP contribution in [0.5, 0.6) is 0 Å². The SMILES string of the molecule is O=C(N1CCn2nc3c(c2C1)CCC3)C1(c2ccc(Cl)cc2)CCCC1. The second-order valence-corrected chi connectivity index (χ2v) is 8.41. The second kappa shape index (κ2) is 6.12. The van der Waals surface area contributed by atoms with E-state index in [9.17, 15) is 4.79 Å². The van der Waals surface area contributed by atoms with Gasteiger partial charge in [0.25, 0.3) is 0 Å². The van der Waals surface area contributed by atoms with Crippen LogP contribution in [-0.2, 0) is 36.1 Å². The Kier molecular flexibility index (Phi) is 3.85. The standard InChI is InChI=1S/C21H24ClN3O/c22-16-8-6-15(7-9-16)21(10-1-2-11-21)20(26)24-12-13-25-19(14-24)17-4-3-5-18(17)23-25/h6-9H,1-5,10-14H2. The molecule has 5 rings (SSSR count). The van der Waals surface area contributed by atoms with Crippen LogP contribution in [0.2, 0.25) is 5.02 Å². The van der Waals surface area contributed by atoms with Gasteiger partial charge in [0.05, 0.1) is 29.9 Å². The zero-order chi connectivity index (χ0) is 17.7. The first-order valence-corrected chi connectivity index (χ1v) is 10.2. The third-order valence-corrected chi connectivity index (χ3v) is 6.81. The summed E-state index contributed by atoms with van der Waals surface area (Å²) in [6, 6.07) is 7.94. The van der Waals surface area contributed by atoms with E-state index in [0.717, 1.165) is 68.7 Å². The number of benzene rings is 1. The van der Waals surface area contributed by atoms with Crippen LogP contribution in [0.25, 0.3) is 0 Å². The van der Waals surface area contributed by atoms with Crippen molar-refractivity contribution >= 4 is 17.5 Å². The van der Waals surface area contributed by atoms with E-state index in [0.29, 0.717) is 5.91 Å². The van der Waals surface area contributed by atoms with Crippen LogP contribution in [0.3, 0.4) is 0 Å². The number of fused-ring (bicyclic) bond motifs is 3. The molecular formula is C21H24ClN3O. The van der Waals surface area contributed by atoms with Crippen LogP contribution >= 0.6 is 11.6 Å². The van der Waals surface area contributed by atoms with Crippen molar-refractivity contribution in [1.82, 2.24) is 14.7 Å². The zero-order valence-corrected chi connectivity index (χ0v) is 15.8. The van der Waals surface area contributed by atoms with Crippen molar-refractivity contribution in [1.29, 1.82) is 0 Å². The number of rotatable bonds is 2. The Bertz CT molecular complexity index is 849. The maximum atomic E-state index is 13.7. The second-order valence-electron chi connectivity index (χ2n) is 7.97. The highest BCUT2D eigenvalue weighted by Crippen LogP contribution is 2.43. The van der Waals surface area contributed by atoms with Crippen LogP contribution in [0.1, 0.15) is 54.6 Å². The summed E-state index contributed by atoms with van der Waals surface area (Å²) in [5.74, 6) is 0.302. The Hall–Kier alpha value is -1.81. The predicted molar refractivity (Wildman–Crippen MR) is 101 cm³/mol. The van der Waals surface area contributed by atoms with Crippen LogP contribution in [-0.4, -0.2) is 27.1 Å². The summed E-state index contributed by atoms with van der Waals surface area (Å²) in [5.41, 5.74) is 4.72. The minimum absolute atomic E-state index is 0.302. The quantitative estimate of drug-likeness (QED) is 0.805. The summed E-state index contributed by atoms with van der Waals surface area (Å²) < 4.78 is 2.15. The molecule has 0 saturated heterocycles. The van der Waals surface area contributed by atoms with E-state index in [-0.39, 0.29) is 5.41 Å². The summed E-state index contributed by atoms with van der Waals surface area (Å²) in [6.45, 7) is 2.31. The van der Waals surface area contributed by atoms with E-state index < -0.39 is 0 Å². The molecule has 1 aliphatic heterocycles. The van der Waals surface area contributed by atoms with Crippen molar-refractivity contribution in [3.8, 4) is 0 Å². The first-order chi connectivity index (χ1) is 12.7. The van der Waals surface area contributed by atoms with Gasteiger partial charge in [0, 0.05) is 11.6 Å². The maximum Gasteiger partial charge on any atom is 0.233 e. The lowest BCUT2D eigenvalue weighted by Crippen LogP contribution is -2.48. The Morgan fingerprint density at radius 3 is 2.58 bits per heavy atom. The smallest absolute Gasteiger partial charge is 0.233 e. The van der Waals surface area contributed by atoms with Gasteiger partial charge in [0.15, 0.2) is 0 Å². The third-order valence-electron chi connectivity index (χ3n) is 6.56. The molecule has 0 spiro atoms. The average Bonchev–Trinajstić information content (AvgIpc) is 3.37. The van der Waals surface area contributed by atoms with Crippen LogP contribution in [0.4, 0.5) is 0 Å². The molecule has 4 nitrogen and oxygen atoms in total. The molecule has 1 fully saturated rings. The Balaban J connectivity index is 1.47. The number of nitrogens with zero attached hydrogens (tertiary/aromatic N) is 3. The molecule has 0 unspecified atom stereocenters. The van der Waals surface area contributed by atoms with Crippen LogP contribution < -0.4 is 0 Å². The van der Waals surface area contributed by atoms with Crippen molar-refractivity contribution < 1.29 is 4.79 Å². The Morgan fingerprint density at radius 2 is 1.81 bits per heavy atom. The summed E-state index contributed by atoms with van der Waals surface area (Å²) in [4.78, 5) is 15.8. The number of aromatic nitrogens is 2. The lowest BCUT2D eigenvalue weighted by atomic mass is 9.77. The van der Waals surface area contributed by atoms with E-state index >= 15 is 0 Å². The van der Waals surface area contributed by atoms with Crippen LogP contribution in [0, 0.1) is 0 Å². The zero-order valence-electron chi connectivity index (χ0n) is 15.0. The number of amides is 1. The van der Waals surface area contributed by atoms with Gasteiger partial charge in [-0.15, -0.1) is 0 Å². The first kappa shape index (κ1) is 16.4. The van der Waals surface area contributed by atoms with Gasteiger partial charge < -0.3 is 4.90 Å². The molecule has 0 radical (unpaired) electrons. The van der Waals surface area contributed by atoms with Crippen molar-refractivity contribution in [2.75, 3.05) is 6.54 Å². The topological polar surface area (TPSA) is 38.1 Å². The molecule has 2 heterocycles. The molecule has 0 N–H and O–H groups in total. The summed E-state index contributed by atoms with van der Waals surface area (Å²) in [7, 11) is 0. The lowest BCUT2D eigenvalue weighted by Gasteiger charge is -2.37. The molecular weight excluding hydrogens is 346 g/mol. The molecule has 136 valence electrons. The molecule has 2 aromatic rings. The van der Waals surface area contributed by atoms with Gasteiger partial charge in [-0.25, -0.2) is 0 Å². The van der Waals surface area contributed by atoms with Gasteiger partial charge >= 0.3 is 0 Å². The fraction of sp³-hybridized carbons (Fsp3) is 0.524. The number of aryl methyl sites for hydroxylation is 1. The molecule has 2 aliphatic carbocycles. The predicted octanol–water partition coefficient (Wildman–Crippen LogP) is 3.88. The van der Waals surface area contributed by atoms with E-state index in [1.165, 1.54) is 23.4 Å². The Labute approximate surface area is 159 Å². The molecule has 1 amide bonds. The fourth-order valence-corrected chi connectivity index (χ4v) is 5.32. The van der Waals surface area contributed by atoms with Crippen molar-refractivity contribution in [3.63, 3.8) is 0 Å². The fourth-order valence-electron chi connectivity index (χ4n) is 5.20. The summed E-state index contributed by atoms with van der Waals surface area (Å²) in [5, 5.41) is 5.50. The van der Waals surface area contributed by atoms with Crippen molar-refractivity contribution in [2.45, 2.75) is 63.5 Å². The molecule has 3 aliphatic rings. The van der Waals surface area contributed by atoms with E-state index in [1.54, 1.807) is 0 Å². The van der Waals surface area contributed by atoms with Crippen molar-refractivity contribution in [3.05, 3.63) is 51.8 Å². The van der Waals surface area contributed by atoms with Gasteiger partial charge in [-0.05, 0) is 55.4 Å². The van der Waals surface area contributed by atoms with Gasteiger partial charge in [-0.2, -0.15) is 5.10 Å². The molecule has 0 atom stereocenters. The van der Waals surface area contributed by atoms with Gasteiger partial charge in [-0.1, -0.05) is 36.6 Å². The first-order valence-electron chi connectivity index (χ1n) is 9.80. The largest absolute Gasteiger partial charge is 0.334 e. The minimum Gasteiger partial charge on any atom is -0.334 e. The molecule has 1 aromatic heterocycles. The number of hydrogen-bond acceptors (Lipinski definition) is 2. The highest BCUT2D eigenvalue weighted by molar-refractivity contribution is 6.30. The number of carbonyl (C=O) groups is 1. The highest BCUT2D eigenvalue weighted by Gasteiger charge is 2.45. The van der Waals surface area contributed by atoms with E-state index in [1.807, 2.05) is 12.1 Å². The normalized spacial score (nSPS) is 20.9. The number of halogens is 1.